The van der Waals surface area contributed by atoms with E-state index < -0.39 is 18.1 Å². The minimum atomic E-state index is -1.55. The highest BCUT2D eigenvalue weighted by molar-refractivity contribution is 5.77. The second-order valence-electron chi connectivity index (χ2n) is 4.45. The molecule has 6 nitrogen and oxygen atoms in total. The lowest BCUT2D eigenvalue weighted by Crippen LogP contribution is -2.43. The van der Waals surface area contributed by atoms with Crippen LogP contribution in [0.4, 0.5) is 4.79 Å². The Morgan fingerprint density at radius 2 is 2.07 bits per heavy atom. The number of aliphatic hydroxyl groups is 1. The van der Waals surface area contributed by atoms with Gasteiger partial charge in [0.05, 0.1) is 6.54 Å². The first kappa shape index (κ1) is 11.8. The highest BCUT2D eigenvalue weighted by atomic mass is 16.4. The number of carbonyl (C=O) groups is 2. The standard InChI is InChI=1S/C9H16N2O4/c1-9(2)3-6(9)11-8(15)10-4-5(12)7(13)14/h5-6,12H,3-4H2,1-2H3,(H,13,14)(H2,10,11,15). The van der Waals surface area contributed by atoms with Gasteiger partial charge in [-0.25, -0.2) is 9.59 Å². The van der Waals surface area contributed by atoms with E-state index in [1.807, 2.05) is 13.8 Å². The molecule has 0 aromatic heterocycles. The lowest BCUT2D eigenvalue weighted by atomic mass is 10.2. The molecule has 0 radical (unpaired) electrons. The van der Waals surface area contributed by atoms with Crippen molar-refractivity contribution in [2.75, 3.05) is 6.54 Å². The number of hydrogen-bond acceptors (Lipinski definition) is 3. The van der Waals surface area contributed by atoms with Gasteiger partial charge >= 0.3 is 12.0 Å². The largest absolute Gasteiger partial charge is 0.479 e. The highest BCUT2D eigenvalue weighted by Gasteiger charge is 2.46. The Bertz CT molecular complexity index is 277. The SMILES string of the molecule is CC1(C)CC1NC(=O)NCC(O)C(=O)O. The van der Waals surface area contributed by atoms with E-state index in [4.69, 9.17) is 10.2 Å². The van der Waals surface area contributed by atoms with Crippen LogP contribution in [0.2, 0.25) is 0 Å². The van der Waals surface area contributed by atoms with Crippen LogP contribution < -0.4 is 10.6 Å². The summed E-state index contributed by atoms with van der Waals surface area (Å²) in [7, 11) is 0. The third-order valence-electron chi connectivity index (χ3n) is 2.56. The first-order valence-electron chi connectivity index (χ1n) is 4.78. The fourth-order valence-corrected chi connectivity index (χ4v) is 1.20. The van der Waals surface area contributed by atoms with Crippen molar-refractivity contribution in [3.63, 3.8) is 0 Å². The van der Waals surface area contributed by atoms with E-state index in [1.165, 1.54) is 0 Å². The monoisotopic (exact) mass is 216 g/mol. The fourth-order valence-electron chi connectivity index (χ4n) is 1.20. The van der Waals surface area contributed by atoms with E-state index in [0.29, 0.717) is 0 Å². The van der Waals surface area contributed by atoms with Crippen LogP contribution in [0.1, 0.15) is 20.3 Å². The number of carbonyl (C=O) groups excluding carboxylic acids is 1. The quantitative estimate of drug-likeness (QED) is 0.510. The Morgan fingerprint density at radius 3 is 2.47 bits per heavy atom. The molecule has 2 atom stereocenters. The summed E-state index contributed by atoms with van der Waals surface area (Å²) in [5.74, 6) is -1.35. The third kappa shape index (κ3) is 3.39. The molecule has 0 heterocycles. The molecule has 4 N–H and O–H groups in total. The summed E-state index contributed by atoms with van der Waals surface area (Å²) in [5, 5.41) is 22.2. The summed E-state index contributed by atoms with van der Waals surface area (Å²) >= 11 is 0. The first-order chi connectivity index (χ1) is 6.83. The first-order valence-corrected chi connectivity index (χ1v) is 4.78. The van der Waals surface area contributed by atoms with Crippen LogP contribution in [0.25, 0.3) is 0 Å². The Hall–Kier alpha value is -1.30. The van der Waals surface area contributed by atoms with Crippen LogP contribution in [0, 0.1) is 5.41 Å². The second-order valence-corrected chi connectivity index (χ2v) is 4.45. The Kier molecular flexibility index (Phi) is 3.18. The van der Waals surface area contributed by atoms with Gasteiger partial charge in [0.2, 0.25) is 0 Å². The predicted octanol–water partition coefficient (Wildman–Crippen LogP) is -0.470. The maximum atomic E-state index is 11.2. The van der Waals surface area contributed by atoms with E-state index in [2.05, 4.69) is 10.6 Å². The average Bonchev–Trinajstić information content (AvgIpc) is 2.69. The zero-order valence-corrected chi connectivity index (χ0v) is 8.78. The zero-order chi connectivity index (χ0) is 11.6. The molecule has 0 saturated heterocycles. The summed E-state index contributed by atoms with van der Waals surface area (Å²) < 4.78 is 0. The van der Waals surface area contributed by atoms with Crippen LogP contribution in [-0.4, -0.2) is 40.9 Å². The van der Waals surface area contributed by atoms with Crippen molar-refractivity contribution in [1.82, 2.24) is 10.6 Å². The number of nitrogens with one attached hydrogen (secondary N) is 2. The molecule has 0 aliphatic heterocycles. The minimum absolute atomic E-state index is 0.128. The molecule has 1 aliphatic carbocycles. The molecule has 0 spiro atoms. The number of hydrogen-bond donors (Lipinski definition) is 4. The molecule has 1 rings (SSSR count). The average molecular weight is 216 g/mol. The van der Waals surface area contributed by atoms with Gasteiger partial charge in [-0.2, -0.15) is 0 Å². The smallest absolute Gasteiger partial charge is 0.334 e. The predicted molar refractivity (Wildman–Crippen MR) is 52.4 cm³/mol. The van der Waals surface area contributed by atoms with Crippen molar-refractivity contribution < 1.29 is 19.8 Å². The molecule has 0 bridgehead atoms. The van der Waals surface area contributed by atoms with Gasteiger partial charge in [0.15, 0.2) is 6.10 Å². The third-order valence-corrected chi connectivity index (χ3v) is 2.56. The van der Waals surface area contributed by atoms with Crippen molar-refractivity contribution in [1.29, 1.82) is 0 Å². The van der Waals surface area contributed by atoms with Crippen LogP contribution in [0.5, 0.6) is 0 Å². The van der Waals surface area contributed by atoms with Gasteiger partial charge in [-0.15, -0.1) is 0 Å². The molecular weight excluding hydrogens is 200 g/mol. The minimum Gasteiger partial charge on any atom is -0.479 e. The van der Waals surface area contributed by atoms with Crippen LogP contribution >= 0.6 is 0 Å². The Morgan fingerprint density at radius 1 is 1.53 bits per heavy atom. The maximum absolute atomic E-state index is 11.2. The van der Waals surface area contributed by atoms with Crippen molar-refractivity contribution >= 4 is 12.0 Å². The molecule has 15 heavy (non-hydrogen) atoms. The lowest BCUT2D eigenvalue weighted by molar-refractivity contribution is -0.146. The molecule has 2 unspecified atom stereocenters. The van der Waals surface area contributed by atoms with Crippen molar-refractivity contribution in [2.24, 2.45) is 5.41 Å². The Balaban J connectivity index is 2.18. The van der Waals surface area contributed by atoms with Gasteiger partial charge in [0.1, 0.15) is 0 Å². The molecular formula is C9H16N2O4. The van der Waals surface area contributed by atoms with Gasteiger partial charge in [-0.05, 0) is 11.8 Å². The highest BCUT2D eigenvalue weighted by Crippen LogP contribution is 2.44. The summed E-state index contributed by atoms with van der Waals surface area (Å²) in [6, 6.07) is -0.301. The number of aliphatic carboxylic acids is 1. The molecule has 0 aromatic carbocycles. The number of amides is 2. The number of carboxylic acid groups (broad SMARTS) is 1. The van der Waals surface area contributed by atoms with E-state index in [0.717, 1.165) is 6.42 Å². The van der Waals surface area contributed by atoms with Gasteiger partial charge in [0, 0.05) is 6.04 Å². The lowest BCUT2D eigenvalue weighted by Gasteiger charge is -2.10. The van der Waals surface area contributed by atoms with Gasteiger partial charge in [-0.1, -0.05) is 13.8 Å². The van der Waals surface area contributed by atoms with E-state index in [1.54, 1.807) is 0 Å². The normalized spacial score (nSPS) is 24.1. The molecule has 1 aliphatic rings. The number of aliphatic hydroxyl groups excluding tert-OH is 1. The second kappa shape index (κ2) is 4.06. The number of urea groups is 1. The van der Waals surface area contributed by atoms with Gasteiger partial charge < -0.3 is 20.8 Å². The van der Waals surface area contributed by atoms with E-state index in [9.17, 15) is 9.59 Å². The molecule has 1 fully saturated rings. The van der Waals surface area contributed by atoms with Crippen LogP contribution in [0.15, 0.2) is 0 Å². The van der Waals surface area contributed by atoms with E-state index >= 15 is 0 Å². The van der Waals surface area contributed by atoms with Gasteiger partial charge in [0.25, 0.3) is 0 Å². The summed E-state index contributed by atoms with van der Waals surface area (Å²) in [5.41, 5.74) is 0.128. The molecule has 2 amide bonds. The number of rotatable bonds is 4. The van der Waals surface area contributed by atoms with Crippen molar-refractivity contribution in [2.45, 2.75) is 32.4 Å². The zero-order valence-electron chi connectivity index (χ0n) is 8.78. The number of carboxylic acids is 1. The Labute approximate surface area is 87.7 Å². The van der Waals surface area contributed by atoms with E-state index in [-0.39, 0.29) is 18.0 Å². The van der Waals surface area contributed by atoms with Crippen molar-refractivity contribution in [3.05, 3.63) is 0 Å². The topological polar surface area (TPSA) is 98.7 Å². The van der Waals surface area contributed by atoms with Crippen molar-refractivity contribution in [3.8, 4) is 0 Å². The van der Waals surface area contributed by atoms with Crippen LogP contribution in [-0.2, 0) is 4.79 Å². The fraction of sp³-hybridized carbons (Fsp3) is 0.778. The summed E-state index contributed by atoms with van der Waals surface area (Å²) in [6.45, 7) is 3.78. The molecule has 0 aromatic rings. The van der Waals surface area contributed by atoms with Gasteiger partial charge in [-0.3, -0.25) is 0 Å². The summed E-state index contributed by atoms with van der Waals surface area (Å²) in [6.07, 6.45) is -0.634. The van der Waals surface area contributed by atoms with Crippen LogP contribution in [0.3, 0.4) is 0 Å². The maximum Gasteiger partial charge on any atom is 0.334 e. The molecule has 86 valence electrons. The molecule has 1 saturated carbocycles. The molecule has 6 heteroatoms. The summed E-state index contributed by atoms with van der Waals surface area (Å²) in [4.78, 5) is 21.4.